The van der Waals surface area contributed by atoms with E-state index in [2.05, 4.69) is 15.0 Å². The molecule has 3 aromatic rings. The molecule has 2 aromatic heterocycles. The third kappa shape index (κ3) is 4.63. The normalized spacial score (nSPS) is 11.2. The highest BCUT2D eigenvalue weighted by molar-refractivity contribution is 6.31. The summed E-state index contributed by atoms with van der Waals surface area (Å²) < 4.78 is 10.5. The Balaban J connectivity index is 1.70. The number of esters is 1. The summed E-state index contributed by atoms with van der Waals surface area (Å²) in [6.07, 6.45) is 2.25. The van der Waals surface area contributed by atoms with Gasteiger partial charge in [0.05, 0.1) is 18.2 Å². The third-order valence-corrected chi connectivity index (χ3v) is 4.61. The number of rotatable bonds is 7. The van der Waals surface area contributed by atoms with Crippen molar-refractivity contribution in [3.05, 3.63) is 53.4 Å². The second-order valence-electron chi connectivity index (χ2n) is 7.02. The molecule has 0 amide bonds. The van der Waals surface area contributed by atoms with Gasteiger partial charge in [0.1, 0.15) is 29.0 Å². The summed E-state index contributed by atoms with van der Waals surface area (Å²) in [6.45, 7) is 3.74. The number of nitrogens with one attached hydrogen (secondary N) is 1. The molecule has 0 spiro atoms. The maximum atomic E-state index is 11.7. The number of hydrogen-bond donors (Lipinski definition) is 1. The lowest BCUT2D eigenvalue weighted by molar-refractivity contribution is -0.152. The maximum Gasteiger partial charge on any atom is 0.314 e. The van der Waals surface area contributed by atoms with E-state index in [1.165, 1.54) is 7.11 Å². The van der Waals surface area contributed by atoms with E-state index >= 15 is 0 Å². The van der Waals surface area contributed by atoms with Crippen LogP contribution in [0.1, 0.15) is 24.3 Å². The molecule has 8 heteroatoms. The molecule has 0 saturated heterocycles. The fraction of sp³-hybridized carbons (Fsp3) is 0.238. The van der Waals surface area contributed by atoms with Crippen LogP contribution < -0.4 is 4.74 Å². The summed E-state index contributed by atoms with van der Waals surface area (Å²) in [7, 11) is 1.36. The van der Waals surface area contributed by atoms with Crippen LogP contribution in [0, 0.1) is 5.41 Å². The zero-order valence-corrected chi connectivity index (χ0v) is 17.0. The smallest absolute Gasteiger partial charge is 0.314 e. The number of aromatic nitrogens is 3. The Morgan fingerprint density at radius 1 is 1.17 bits per heavy atom. The zero-order chi connectivity index (χ0) is 21.0. The number of nitrogens with zero attached hydrogens (tertiary/aromatic N) is 2. The molecule has 2 heterocycles. The summed E-state index contributed by atoms with van der Waals surface area (Å²) in [5, 5.41) is 0.199. The number of halogens is 1. The molecule has 0 fully saturated rings. The number of aromatic amines is 1. The third-order valence-electron chi connectivity index (χ3n) is 4.32. The van der Waals surface area contributed by atoms with Crippen molar-refractivity contribution in [3.8, 4) is 28.4 Å². The molecular weight excluding hydrogens is 394 g/mol. The van der Waals surface area contributed by atoms with E-state index in [1.807, 2.05) is 36.4 Å². The van der Waals surface area contributed by atoms with Gasteiger partial charge in [0.2, 0.25) is 0 Å². The predicted octanol–water partition coefficient (Wildman–Crippen LogP) is 4.18. The van der Waals surface area contributed by atoms with Gasteiger partial charge in [-0.05, 0) is 50.2 Å². The lowest BCUT2D eigenvalue weighted by atomic mass is 9.95. The van der Waals surface area contributed by atoms with Crippen molar-refractivity contribution in [1.82, 2.24) is 15.0 Å². The fourth-order valence-corrected chi connectivity index (χ4v) is 2.78. The highest BCUT2D eigenvalue weighted by Crippen LogP contribution is 2.26. The van der Waals surface area contributed by atoms with Gasteiger partial charge in [-0.3, -0.25) is 14.6 Å². The van der Waals surface area contributed by atoms with Gasteiger partial charge in [0.15, 0.2) is 6.29 Å². The van der Waals surface area contributed by atoms with Gasteiger partial charge >= 0.3 is 5.97 Å². The first-order chi connectivity index (χ1) is 13.8. The summed E-state index contributed by atoms with van der Waals surface area (Å²) >= 11 is 5.91. The van der Waals surface area contributed by atoms with Gasteiger partial charge in [0.25, 0.3) is 0 Å². The summed E-state index contributed by atoms with van der Waals surface area (Å²) in [6, 6.07) is 11.1. The number of hydrogen-bond acceptors (Lipinski definition) is 6. The number of methoxy groups -OCH3 is 1. The van der Waals surface area contributed by atoms with Crippen molar-refractivity contribution < 1.29 is 19.1 Å². The van der Waals surface area contributed by atoms with E-state index in [-0.39, 0.29) is 23.4 Å². The van der Waals surface area contributed by atoms with E-state index in [0.29, 0.717) is 23.4 Å². The van der Waals surface area contributed by atoms with Gasteiger partial charge in [-0.15, -0.1) is 0 Å². The molecule has 0 bridgehead atoms. The molecule has 0 atom stereocenters. The second-order valence-corrected chi connectivity index (χ2v) is 7.40. The van der Waals surface area contributed by atoms with Crippen molar-refractivity contribution in [2.24, 2.45) is 5.41 Å². The van der Waals surface area contributed by atoms with Gasteiger partial charge in [0, 0.05) is 17.3 Å². The van der Waals surface area contributed by atoms with E-state index in [4.69, 9.17) is 21.1 Å². The number of ether oxygens (including phenoxy) is 2. The Hall–Kier alpha value is -3.19. The van der Waals surface area contributed by atoms with Gasteiger partial charge in [-0.25, -0.2) is 4.98 Å². The standard InChI is InChI=1S/C21H20ClN3O4/c1-21(2,20(27)28-3)12-29-15-7-4-13(5-8-15)16-9-6-14(10-23-16)19-24-17(11-26)18(22)25-19/h4-11H,12H2,1-3H3,(H,24,25). The molecule has 0 unspecified atom stereocenters. The topological polar surface area (TPSA) is 94.2 Å². The molecule has 0 aliphatic rings. The van der Waals surface area contributed by atoms with Crippen LogP contribution in [-0.4, -0.2) is 40.9 Å². The first kappa shape index (κ1) is 20.5. The second kappa shape index (κ2) is 8.45. The zero-order valence-electron chi connectivity index (χ0n) is 16.2. The molecule has 0 aliphatic carbocycles. The van der Waals surface area contributed by atoms with Crippen molar-refractivity contribution in [2.75, 3.05) is 13.7 Å². The number of H-pyrrole nitrogens is 1. The van der Waals surface area contributed by atoms with Crippen LogP contribution in [0.15, 0.2) is 42.6 Å². The van der Waals surface area contributed by atoms with Crippen molar-refractivity contribution in [1.29, 1.82) is 0 Å². The number of benzene rings is 1. The van der Waals surface area contributed by atoms with E-state index in [0.717, 1.165) is 11.3 Å². The summed E-state index contributed by atoms with van der Waals surface area (Å²) in [5.74, 6) is 0.804. The van der Waals surface area contributed by atoms with E-state index < -0.39 is 5.41 Å². The number of pyridine rings is 1. The molecular formula is C21H20ClN3O4. The van der Waals surface area contributed by atoms with Crippen LogP contribution in [0.3, 0.4) is 0 Å². The van der Waals surface area contributed by atoms with Gasteiger partial charge < -0.3 is 14.5 Å². The maximum absolute atomic E-state index is 11.7. The quantitative estimate of drug-likeness (QED) is 0.461. The summed E-state index contributed by atoms with van der Waals surface area (Å²) in [4.78, 5) is 34.0. The Labute approximate surface area is 173 Å². The van der Waals surface area contributed by atoms with Crippen LogP contribution >= 0.6 is 11.6 Å². The van der Waals surface area contributed by atoms with Crippen LogP contribution in [-0.2, 0) is 9.53 Å². The van der Waals surface area contributed by atoms with E-state index in [1.54, 1.807) is 20.0 Å². The largest absolute Gasteiger partial charge is 0.492 e. The lowest BCUT2D eigenvalue weighted by Crippen LogP contribution is -2.32. The molecule has 1 aromatic carbocycles. The van der Waals surface area contributed by atoms with Crippen molar-refractivity contribution in [3.63, 3.8) is 0 Å². The monoisotopic (exact) mass is 413 g/mol. The molecule has 0 radical (unpaired) electrons. The van der Waals surface area contributed by atoms with Crippen LogP contribution in [0.5, 0.6) is 5.75 Å². The number of carbonyl (C=O) groups is 2. The number of imidazole rings is 1. The molecule has 7 nitrogen and oxygen atoms in total. The fourth-order valence-electron chi connectivity index (χ4n) is 2.61. The van der Waals surface area contributed by atoms with Crippen LogP contribution in [0.2, 0.25) is 5.15 Å². The first-order valence-electron chi connectivity index (χ1n) is 8.83. The SMILES string of the molecule is COC(=O)C(C)(C)COc1ccc(-c2ccc(-c3nc(C=O)c(Cl)[nH]3)cn2)cc1. The van der Waals surface area contributed by atoms with Crippen molar-refractivity contribution in [2.45, 2.75) is 13.8 Å². The first-order valence-corrected chi connectivity index (χ1v) is 9.20. The molecule has 1 N–H and O–H groups in total. The average Bonchev–Trinajstić information content (AvgIpc) is 3.13. The Morgan fingerprint density at radius 3 is 2.41 bits per heavy atom. The lowest BCUT2D eigenvalue weighted by Gasteiger charge is -2.21. The predicted molar refractivity (Wildman–Crippen MR) is 109 cm³/mol. The molecule has 29 heavy (non-hydrogen) atoms. The van der Waals surface area contributed by atoms with Crippen LogP contribution in [0.25, 0.3) is 22.6 Å². The Morgan fingerprint density at radius 2 is 1.86 bits per heavy atom. The molecule has 0 aliphatic heterocycles. The molecule has 0 saturated carbocycles. The highest BCUT2D eigenvalue weighted by Gasteiger charge is 2.29. The van der Waals surface area contributed by atoms with Gasteiger partial charge in [-0.2, -0.15) is 0 Å². The average molecular weight is 414 g/mol. The van der Waals surface area contributed by atoms with E-state index in [9.17, 15) is 9.59 Å². The minimum absolute atomic E-state index is 0.164. The van der Waals surface area contributed by atoms with Crippen molar-refractivity contribution >= 4 is 23.9 Å². The number of carbonyl (C=O) groups excluding carboxylic acids is 2. The minimum Gasteiger partial charge on any atom is -0.492 e. The van der Waals surface area contributed by atoms with Gasteiger partial charge in [-0.1, -0.05) is 11.6 Å². The molecule has 150 valence electrons. The highest BCUT2D eigenvalue weighted by atomic mass is 35.5. The minimum atomic E-state index is -0.733. The number of aldehydes is 1. The van der Waals surface area contributed by atoms with Crippen LogP contribution in [0.4, 0.5) is 0 Å². The summed E-state index contributed by atoms with van der Waals surface area (Å²) in [5.41, 5.74) is 1.82. The molecule has 3 rings (SSSR count). The Kier molecular flexibility index (Phi) is 5.98. The Bertz CT molecular complexity index is 1010.